The quantitative estimate of drug-likeness (QED) is 0.749. The molecule has 4 nitrogen and oxygen atoms in total. The molecule has 0 aromatic heterocycles. The van der Waals surface area contributed by atoms with Crippen LogP contribution in [-0.2, 0) is 0 Å². The first-order valence-electron chi connectivity index (χ1n) is 5.78. The molecule has 5 heteroatoms. The largest absolute Gasteiger partial charge is 0.334 e. The molecule has 1 aliphatic heterocycles. The summed E-state index contributed by atoms with van der Waals surface area (Å²) in [5.74, 6) is 1.24. The number of fused-ring (bicyclic) bond motifs is 1. The summed E-state index contributed by atoms with van der Waals surface area (Å²) in [6, 6.07) is 7.39. The molecular formula is C12H14ClN3O. The van der Waals surface area contributed by atoms with E-state index in [-0.39, 0.29) is 6.03 Å². The number of hydrogen-bond donors (Lipinski definition) is 3. The average Bonchev–Trinajstić information content (AvgIpc) is 2.76. The van der Waals surface area contributed by atoms with Crippen LogP contribution in [0.5, 0.6) is 0 Å². The van der Waals surface area contributed by atoms with Crippen LogP contribution in [0.4, 0.5) is 10.5 Å². The molecule has 2 aliphatic rings. The molecule has 1 aliphatic carbocycles. The Hall–Kier alpha value is -1.26. The van der Waals surface area contributed by atoms with E-state index in [1.54, 1.807) is 12.1 Å². The zero-order valence-corrected chi connectivity index (χ0v) is 10.00. The molecule has 2 fully saturated rings. The van der Waals surface area contributed by atoms with Crippen LogP contribution in [0.25, 0.3) is 0 Å². The molecule has 0 spiro atoms. The molecule has 3 rings (SSSR count). The third-order valence-corrected chi connectivity index (χ3v) is 3.84. The monoisotopic (exact) mass is 251 g/mol. The SMILES string of the molecule is O=C(Nc1ccccc1Cl)NC1C2CNCC21. The summed E-state index contributed by atoms with van der Waals surface area (Å²) in [4.78, 5) is 11.7. The van der Waals surface area contributed by atoms with E-state index in [0.717, 1.165) is 13.1 Å². The molecule has 1 aromatic rings. The fourth-order valence-corrected chi connectivity index (χ4v) is 2.69. The molecular weight excluding hydrogens is 238 g/mol. The number of halogens is 1. The van der Waals surface area contributed by atoms with Gasteiger partial charge in [0.05, 0.1) is 10.7 Å². The van der Waals surface area contributed by atoms with Gasteiger partial charge >= 0.3 is 6.03 Å². The molecule has 1 heterocycles. The zero-order valence-electron chi connectivity index (χ0n) is 9.24. The van der Waals surface area contributed by atoms with Crippen molar-refractivity contribution < 1.29 is 4.79 Å². The predicted molar refractivity (Wildman–Crippen MR) is 67.2 cm³/mol. The fourth-order valence-electron chi connectivity index (χ4n) is 2.50. The first kappa shape index (κ1) is 10.9. The third kappa shape index (κ3) is 2.10. The van der Waals surface area contributed by atoms with Crippen molar-refractivity contribution in [1.82, 2.24) is 10.6 Å². The van der Waals surface area contributed by atoms with Gasteiger partial charge in [0, 0.05) is 19.1 Å². The van der Waals surface area contributed by atoms with Gasteiger partial charge in [-0.15, -0.1) is 0 Å². The van der Waals surface area contributed by atoms with E-state index >= 15 is 0 Å². The molecule has 3 N–H and O–H groups in total. The number of hydrogen-bond acceptors (Lipinski definition) is 2. The zero-order chi connectivity index (χ0) is 11.8. The van der Waals surface area contributed by atoms with Gasteiger partial charge in [0.15, 0.2) is 0 Å². The predicted octanol–water partition coefficient (Wildman–Crippen LogP) is 1.68. The number of piperidine rings is 1. The summed E-state index contributed by atoms with van der Waals surface area (Å²) in [5.41, 5.74) is 0.649. The number of rotatable bonds is 2. The molecule has 2 amide bonds. The Kier molecular flexibility index (Phi) is 2.68. The molecule has 2 unspecified atom stereocenters. The van der Waals surface area contributed by atoms with Crippen molar-refractivity contribution in [2.75, 3.05) is 18.4 Å². The molecule has 17 heavy (non-hydrogen) atoms. The van der Waals surface area contributed by atoms with E-state index in [4.69, 9.17) is 11.6 Å². The van der Waals surface area contributed by atoms with E-state index in [1.807, 2.05) is 12.1 Å². The van der Waals surface area contributed by atoms with Gasteiger partial charge < -0.3 is 16.0 Å². The number of para-hydroxylation sites is 1. The second-order valence-electron chi connectivity index (χ2n) is 4.59. The Bertz CT molecular complexity index is 441. The van der Waals surface area contributed by atoms with Crippen molar-refractivity contribution in [2.45, 2.75) is 6.04 Å². The van der Waals surface area contributed by atoms with Crippen molar-refractivity contribution >= 4 is 23.3 Å². The number of benzene rings is 1. The number of nitrogens with one attached hydrogen (secondary N) is 3. The molecule has 2 atom stereocenters. The maximum absolute atomic E-state index is 11.7. The summed E-state index contributed by atoms with van der Waals surface area (Å²) in [7, 11) is 0. The molecule has 0 bridgehead atoms. The minimum Gasteiger partial charge on any atom is -0.334 e. The Balaban J connectivity index is 1.56. The molecule has 1 aromatic carbocycles. The maximum Gasteiger partial charge on any atom is 0.319 e. The van der Waals surface area contributed by atoms with Crippen LogP contribution in [0.15, 0.2) is 24.3 Å². The number of anilines is 1. The summed E-state index contributed by atoms with van der Waals surface area (Å²) >= 11 is 5.96. The lowest BCUT2D eigenvalue weighted by Gasteiger charge is -2.10. The van der Waals surface area contributed by atoms with Crippen LogP contribution < -0.4 is 16.0 Å². The number of amides is 2. The van der Waals surface area contributed by atoms with E-state index in [1.165, 1.54) is 0 Å². The molecule has 1 saturated heterocycles. The lowest BCUT2D eigenvalue weighted by Crippen LogP contribution is -2.35. The van der Waals surface area contributed by atoms with Gasteiger partial charge in [-0.1, -0.05) is 23.7 Å². The van der Waals surface area contributed by atoms with Gasteiger partial charge in [0.25, 0.3) is 0 Å². The van der Waals surface area contributed by atoms with Crippen LogP contribution in [0.1, 0.15) is 0 Å². The molecule has 0 radical (unpaired) electrons. The van der Waals surface area contributed by atoms with Gasteiger partial charge in [0.1, 0.15) is 0 Å². The highest BCUT2D eigenvalue weighted by atomic mass is 35.5. The number of urea groups is 1. The summed E-state index contributed by atoms with van der Waals surface area (Å²) in [6.45, 7) is 2.03. The van der Waals surface area contributed by atoms with Crippen LogP contribution in [0.2, 0.25) is 5.02 Å². The lowest BCUT2D eigenvalue weighted by atomic mass is 10.3. The molecule has 90 valence electrons. The fraction of sp³-hybridized carbons (Fsp3) is 0.417. The Morgan fingerprint density at radius 2 is 2.00 bits per heavy atom. The second-order valence-corrected chi connectivity index (χ2v) is 5.00. The summed E-state index contributed by atoms with van der Waals surface area (Å²) in [5, 5.41) is 9.60. The lowest BCUT2D eigenvalue weighted by molar-refractivity contribution is 0.250. The van der Waals surface area contributed by atoms with Crippen molar-refractivity contribution in [3.63, 3.8) is 0 Å². The first-order valence-corrected chi connectivity index (χ1v) is 6.16. The maximum atomic E-state index is 11.7. The van der Waals surface area contributed by atoms with Crippen molar-refractivity contribution in [3.05, 3.63) is 29.3 Å². The first-order chi connectivity index (χ1) is 8.25. The highest BCUT2D eigenvalue weighted by Gasteiger charge is 2.53. The number of carbonyl (C=O) groups is 1. The highest BCUT2D eigenvalue weighted by Crippen LogP contribution is 2.41. The second kappa shape index (κ2) is 4.20. The van der Waals surface area contributed by atoms with Crippen LogP contribution in [0, 0.1) is 11.8 Å². The topological polar surface area (TPSA) is 53.2 Å². The third-order valence-electron chi connectivity index (χ3n) is 3.51. The Morgan fingerprint density at radius 3 is 2.71 bits per heavy atom. The average molecular weight is 252 g/mol. The van der Waals surface area contributed by atoms with Crippen LogP contribution in [0.3, 0.4) is 0 Å². The smallest absolute Gasteiger partial charge is 0.319 e. The van der Waals surface area contributed by atoms with Gasteiger partial charge in [-0.05, 0) is 24.0 Å². The van der Waals surface area contributed by atoms with Crippen LogP contribution >= 0.6 is 11.6 Å². The Labute approximate surface area is 105 Å². The van der Waals surface area contributed by atoms with Gasteiger partial charge in [-0.3, -0.25) is 0 Å². The van der Waals surface area contributed by atoms with Gasteiger partial charge in [-0.2, -0.15) is 0 Å². The highest BCUT2D eigenvalue weighted by molar-refractivity contribution is 6.33. The van der Waals surface area contributed by atoms with Gasteiger partial charge in [-0.25, -0.2) is 4.79 Å². The van der Waals surface area contributed by atoms with E-state index in [9.17, 15) is 4.79 Å². The number of carbonyl (C=O) groups excluding carboxylic acids is 1. The van der Waals surface area contributed by atoms with E-state index in [0.29, 0.717) is 28.6 Å². The summed E-state index contributed by atoms with van der Waals surface area (Å²) < 4.78 is 0. The summed E-state index contributed by atoms with van der Waals surface area (Å²) in [6.07, 6.45) is 0. The van der Waals surface area contributed by atoms with E-state index < -0.39 is 0 Å². The van der Waals surface area contributed by atoms with Crippen LogP contribution in [-0.4, -0.2) is 25.2 Å². The van der Waals surface area contributed by atoms with Crippen molar-refractivity contribution in [1.29, 1.82) is 0 Å². The Morgan fingerprint density at radius 1 is 1.29 bits per heavy atom. The van der Waals surface area contributed by atoms with Crippen molar-refractivity contribution in [2.24, 2.45) is 11.8 Å². The van der Waals surface area contributed by atoms with Gasteiger partial charge in [0.2, 0.25) is 0 Å². The normalized spacial score (nSPS) is 29.6. The minimum atomic E-state index is -0.169. The minimum absolute atomic E-state index is 0.169. The van der Waals surface area contributed by atoms with Crippen molar-refractivity contribution in [3.8, 4) is 0 Å². The van der Waals surface area contributed by atoms with E-state index in [2.05, 4.69) is 16.0 Å². The standard InChI is InChI=1S/C12H14ClN3O/c13-9-3-1-2-4-10(9)15-12(17)16-11-7-5-14-6-8(7)11/h1-4,7-8,11,14H,5-6H2,(H2,15,16,17). The molecule has 1 saturated carbocycles.